The molecule has 1 heterocycles. The zero-order valence-electron chi connectivity index (χ0n) is 11.6. The molecule has 114 valence electrons. The Bertz CT molecular complexity index is 728. The van der Waals surface area contributed by atoms with Crippen LogP contribution in [0.1, 0.15) is 5.69 Å². The summed E-state index contributed by atoms with van der Waals surface area (Å²) in [5, 5.41) is 2.91. The fraction of sp³-hybridized carbons (Fsp3) is 0.231. The van der Waals surface area contributed by atoms with Crippen molar-refractivity contribution >= 4 is 15.7 Å². The summed E-state index contributed by atoms with van der Waals surface area (Å²) in [6.45, 7) is 0.521. The predicted octanol–water partition coefficient (Wildman–Crippen LogP) is 1.68. The van der Waals surface area contributed by atoms with Gasteiger partial charge in [-0.05, 0) is 25.2 Å². The molecule has 0 amide bonds. The zero-order valence-corrected chi connectivity index (χ0v) is 12.4. The molecule has 0 atom stereocenters. The Balaban J connectivity index is 2.22. The van der Waals surface area contributed by atoms with Crippen LogP contribution < -0.4 is 14.8 Å². The molecule has 0 saturated carbocycles. The first kappa shape index (κ1) is 15.3. The van der Waals surface area contributed by atoms with E-state index in [9.17, 15) is 12.8 Å². The van der Waals surface area contributed by atoms with Crippen molar-refractivity contribution in [2.75, 3.05) is 18.9 Å². The van der Waals surface area contributed by atoms with Gasteiger partial charge in [0, 0.05) is 24.5 Å². The topological polar surface area (TPSA) is 83.2 Å². The number of rotatable bonds is 6. The van der Waals surface area contributed by atoms with Crippen LogP contribution >= 0.6 is 0 Å². The SMILES string of the molecule is CNCc1cc(S(=O)(=O)Nc2ccc(OC)c(F)c2)c[nH]1. The van der Waals surface area contributed by atoms with Gasteiger partial charge in [0.25, 0.3) is 10.0 Å². The number of methoxy groups -OCH3 is 1. The Morgan fingerprint density at radius 2 is 2.10 bits per heavy atom. The molecule has 0 unspecified atom stereocenters. The molecule has 21 heavy (non-hydrogen) atoms. The Morgan fingerprint density at radius 3 is 2.71 bits per heavy atom. The Labute approximate surface area is 122 Å². The predicted molar refractivity (Wildman–Crippen MR) is 77.3 cm³/mol. The summed E-state index contributed by atoms with van der Waals surface area (Å²) in [7, 11) is -0.668. The lowest BCUT2D eigenvalue weighted by molar-refractivity contribution is 0.386. The van der Waals surface area contributed by atoms with Gasteiger partial charge in [-0.15, -0.1) is 0 Å². The molecule has 1 aromatic carbocycles. The second kappa shape index (κ2) is 6.15. The van der Waals surface area contributed by atoms with Crippen molar-refractivity contribution in [2.45, 2.75) is 11.4 Å². The van der Waals surface area contributed by atoms with Crippen LogP contribution in [0.15, 0.2) is 35.4 Å². The van der Waals surface area contributed by atoms with Crippen LogP contribution in [-0.2, 0) is 16.6 Å². The van der Waals surface area contributed by atoms with Gasteiger partial charge in [-0.2, -0.15) is 0 Å². The van der Waals surface area contributed by atoms with Crippen molar-refractivity contribution in [1.29, 1.82) is 0 Å². The maximum atomic E-state index is 13.6. The van der Waals surface area contributed by atoms with Crippen molar-refractivity contribution in [2.24, 2.45) is 0 Å². The minimum absolute atomic E-state index is 0.0518. The Kier molecular flexibility index (Phi) is 4.49. The van der Waals surface area contributed by atoms with Crippen molar-refractivity contribution in [3.8, 4) is 5.75 Å². The smallest absolute Gasteiger partial charge is 0.263 e. The highest BCUT2D eigenvalue weighted by atomic mass is 32.2. The molecule has 0 spiro atoms. The molecule has 0 radical (unpaired) electrons. The number of hydrogen-bond donors (Lipinski definition) is 3. The van der Waals surface area contributed by atoms with Gasteiger partial charge in [0.2, 0.25) is 0 Å². The molecule has 0 aliphatic heterocycles. The van der Waals surface area contributed by atoms with Crippen LogP contribution in [0.3, 0.4) is 0 Å². The van der Waals surface area contributed by atoms with Crippen LogP contribution in [0.4, 0.5) is 10.1 Å². The van der Waals surface area contributed by atoms with Gasteiger partial charge in [-0.3, -0.25) is 4.72 Å². The fourth-order valence-electron chi connectivity index (χ4n) is 1.81. The van der Waals surface area contributed by atoms with Crippen LogP contribution in [0.5, 0.6) is 5.75 Å². The molecule has 0 aliphatic rings. The highest BCUT2D eigenvalue weighted by Crippen LogP contribution is 2.23. The largest absolute Gasteiger partial charge is 0.494 e. The zero-order chi connectivity index (χ0) is 15.5. The van der Waals surface area contributed by atoms with E-state index in [0.29, 0.717) is 6.54 Å². The summed E-state index contributed by atoms with van der Waals surface area (Å²) < 4.78 is 45.0. The summed E-state index contributed by atoms with van der Waals surface area (Å²) in [6.07, 6.45) is 1.38. The van der Waals surface area contributed by atoms with Gasteiger partial charge in [0.05, 0.1) is 12.8 Å². The van der Waals surface area contributed by atoms with Gasteiger partial charge in [0.15, 0.2) is 11.6 Å². The van der Waals surface area contributed by atoms with E-state index in [1.165, 1.54) is 31.5 Å². The van der Waals surface area contributed by atoms with E-state index in [0.717, 1.165) is 11.8 Å². The fourth-order valence-corrected chi connectivity index (χ4v) is 2.88. The first-order chi connectivity index (χ1) is 9.96. The van der Waals surface area contributed by atoms with Crippen LogP contribution in [0.25, 0.3) is 0 Å². The van der Waals surface area contributed by atoms with Gasteiger partial charge in [0.1, 0.15) is 4.90 Å². The number of benzene rings is 1. The Hall–Kier alpha value is -2.06. The molecule has 2 rings (SSSR count). The third kappa shape index (κ3) is 3.53. The minimum Gasteiger partial charge on any atom is -0.494 e. The second-order valence-corrected chi connectivity index (χ2v) is 6.03. The number of hydrogen-bond acceptors (Lipinski definition) is 4. The molecule has 2 aromatic rings. The van der Waals surface area contributed by atoms with Crippen LogP contribution in [0, 0.1) is 5.82 Å². The van der Waals surface area contributed by atoms with Crippen molar-refractivity contribution in [1.82, 2.24) is 10.3 Å². The van der Waals surface area contributed by atoms with Crippen molar-refractivity contribution in [3.05, 3.63) is 42.0 Å². The van der Waals surface area contributed by atoms with Gasteiger partial charge in [-0.25, -0.2) is 12.8 Å². The number of ether oxygens (including phenoxy) is 1. The number of halogens is 1. The van der Waals surface area contributed by atoms with E-state index in [-0.39, 0.29) is 16.3 Å². The molecule has 1 aromatic heterocycles. The quantitative estimate of drug-likeness (QED) is 0.758. The molecule has 0 fully saturated rings. The first-order valence-corrected chi connectivity index (χ1v) is 7.63. The number of nitrogens with one attached hydrogen (secondary N) is 3. The number of sulfonamides is 1. The lowest BCUT2D eigenvalue weighted by Gasteiger charge is -2.08. The second-order valence-electron chi connectivity index (χ2n) is 4.35. The highest BCUT2D eigenvalue weighted by Gasteiger charge is 2.17. The summed E-state index contributed by atoms with van der Waals surface area (Å²) in [4.78, 5) is 2.94. The summed E-state index contributed by atoms with van der Waals surface area (Å²) in [5.74, 6) is -0.585. The molecule has 3 N–H and O–H groups in total. The molecule has 6 nitrogen and oxygen atoms in total. The van der Waals surface area contributed by atoms with E-state index < -0.39 is 15.8 Å². The highest BCUT2D eigenvalue weighted by molar-refractivity contribution is 7.92. The lowest BCUT2D eigenvalue weighted by Crippen LogP contribution is -2.12. The van der Waals surface area contributed by atoms with Crippen molar-refractivity contribution in [3.63, 3.8) is 0 Å². The average Bonchev–Trinajstić information content (AvgIpc) is 2.88. The number of anilines is 1. The van der Waals surface area contributed by atoms with Crippen LogP contribution in [-0.4, -0.2) is 27.6 Å². The molecule has 0 aliphatic carbocycles. The Morgan fingerprint density at radius 1 is 1.33 bits per heavy atom. The number of aromatic amines is 1. The van der Waals surface area contributed by atoms with Gasteiger partial charge < -0.3 is 15.0 Å². The number of aromatic nitrogens is 1. The van der Waals surface area contributed by atoms with E-state index >= 15 is 0 Å². The van der Waals surface area contributed by atoms with E-state index in [1.807, 2.05) is 0 Å². The monoisotopic (exact) mass is 313 g/mol. The third-order valence-electron chi connectivity index (χ3n) is 2.80. The van der Waals surface area contributed by atoms with Crippen LogP contribution in [0.2, 0.25) is 0 Å². The van der Waals surface area contributed by atoms with Gasteiger partial charge in [-0.1, -0.05) is 0 Å². The number of H-pyrrole nitrogens is 1. The average molecular weight is 313 g/mol. The van der Waals surface area contributed by atoms with E-state index in [2.05, 4.69) is 15.0 Å². The standard InChI is InChI=1S/C13H16FN3O3S/c1-15-7-10-5-11(8-16-10)21(18,19)17-9-3-4-13(20-2)12(14)6-9/h3-6,8,15-17H,7H2,1-2H3. The molecular formula is C13H16FN3O3S. The third-order valence-corrected chi connectivity index (χ3v) is 4.16. The summed E-state index contributed by atoms with van der Waals surface area (Å²) in [6, 6.07) is 5.37. The maximum Gasteiger partial charge on any atom is 0.263 e. The van der Waals surface area contributed by atoms with E-state index in [1.54, 1.807) is 7.05 Å². The lowest BCUT2D eigenvalue weighted by atomic mass is 10.3. The molecule has 0 saturated heterocycles. The summed E-state index contributed by atoms with van der Waals surface area (Å²) in [5.41, 5.74) is 0.864. The van der Waals surface area contributed by atoms with Gasteiger partial charge >= 0.3 is 0 Å². The minimum atomic E-state index is -3.76. The summed E-state index contributed by atoms with van der Waals surface area (Å²) >= 11 is 0. The normalized spacial score (nSPS) is 11.4. The first-order valence-electron chi connectivity index (χ1n) is 6.14. The maximum absolute atomic E-state index is 13.6. The molecule has 8 heteroatoms. The molecule has 0 bridgehead atoms. The van der Waals surface area contributed by atoms with E-state index in [4.69, 9.17) is 4.74 Å². The molecular weight excluding hydrogens is 297 g/mol. The van der Waals surface area contributed by atoms with Crippen molar-refractivity contribution < 1.29 is 17.5 Å².